The first-order chi connectivity index (χ1) is 8.97. The maximum atomic E-state index is 11.8. The Kier molecular flexibility index (Phi) is 3.55. The molecule has 6 N–H and O–H groups in total. The van der Waals surface area contributed by atoms with E-state index in [4.69, 9.17) is 11.5 Å². The van der Waals surface area contributed by atoms with Gasteiger partial charge in [-0.3, -0.25) is 9.59 Å². The fraction of sp³-hybridized carbons (Fsp3) is 0.417. The minimum Gasteiger partial charge on any atom is -0.396 e. The molecule has 0 aromatic carbocycles. The summed E-state index contributed by atoms with van der Waals surface area (Å²) >= 11 is 0. The molecule has 0 saturated heterocycles. The summed E-state index contributed by atoms with van der Waals surface area (Å²) in [5, 5.41) is 5.75. The Balaban J connectivity index is 2.06. The number of primary amides is 1. The van der Waals surface area contributed by atoms with Crippen molar-refractivity contribution in [3.05, 3.63) is 17.8 Å². The van der Waals surface area contributed by atoms with Crippen molar-refractivity contribution in [2.75, 3.05) is 11.1 Å². The molecule has 7 heteroatoms. The Labute approximate surface area is 110 Å². The molecule has 1 heterocycles. The van der Waals surface area contributed by atoms with Crippen LogP contribution in [0.4, 0.5) is 11.5 Å². The maximum Gasteiger partial charge on any atom is 0.267 e. The SMILES string of the molecule is CC(Nc1nc(C(N)=O)ccc1N)C(=O)NC1CC1. The van der Waals surface area contributed by atoms with Gasteiger partial charge in [0.1, 0.15) is 11.7 Å². The average Bonchev–Trinajstić information content (AvgIpc) is 3.15. The molecule has 7 nitrogen and oxygen atoms in total. The van der Waals surface area contributed by atoms with Crippen LogP contribution in [0.3, 0.4) is 0 Å². The molecular formula is C12H17N5O2. The molecule has 19 heavy (non-hydrogen) atoms. The highest BCUT2D eigenvalue weighted by Crippen LogP contribution is 2.20. The fourth-order valence-corrected chi connectivity index (χ4v) is 1.55. The minimum absolute atomic E-state index is 0.103. The quantitative estimate of drug-likeness (QED) is 0.588. The van der Waals surface area contributed by atoms with E-state index in [0.717, 1.165) is 12.8 Å². The summed E-state index contributed by atoms with van der Waals surface area (Å²) in [5.74, 6) is -0.471. The molecule has 1 atom stereocenters. The predicted octanol–water partition coefficient (Wildman–Crippen LogP) is -0.158. The molecule has 1 fully saturated rings. The molecule has 0 bridgehead atoms. The van der Waals surface area contributed by atoms with Crippen molar-refractivity contribution in [1.29, 1.82) is 0 Å². The van der Waals surface area contributed by atoms with Crippen LogP contribution in [-0.2, 0) is 4.79 Å². The van der Waals surface area contributed by atoms with Gasteiger partial charge in [-0.1, -0.05) is 0 Å². The smallest absolute Gasteiger partial charge is 0.267 e. The first-order valence-electron chi connectivity index (χ1n) is 6.10. The number of nitrogens with one attached hydrogen (secondary N) is 2. The zero-order valence-electron chi connectivity index (χ0n) is 10.6. The van der Waals surface area contributed by atoms with Gasteiger partial charge in [0, 0.05) is 6.04 Å². The van der Waals surface area contributed by atoms with Crippen LogP contribution in [-0.4, -0.2) is 28.9 Å². The summed E-state index contributed by atoms with van der Waals surface area (Å²) in [6.45, 7) is 1.70. The summed E-state index contributed by atoms with van der Waals surface area (Å²) in [6.07, 6.45) is 2.05. The molecule has 1 aliphatic carbocycles. The Morgan fingerprint density at radius 2 is 2.11 bits per heavy atom. The van der Waals surface area contributed by atoms with Crippen LogP contribution in [0, 0.1) is 0 Å². The van der Waals surface area contributed by atoms with Gasteiger partial charge in [-0.15, -0.1) is 0 Å². The van der Waals surface area contributed by atoms with E-state index in [-0.39, 0.29) is 17.4 Å². The third-order valence-electron chi connectivity index (χ3n) is 2.85. The molecule has 1 aromatic rings. The van der Waals surface area contributed by atoms with Crippen molar-refractivity contribution >= 4 is 23.3 Å². The first-order valence-corrected chi connectivity index (χ1v) is 6.10. The van der Waals surface area contributed by atoms with Crippen LogP contribution in [0.15, 0.2) is 12.1 Å². The van der Waals surface area contributed by atoms with E-state index in [1.807, 2.05) is 0 Å². The van der Waals surface area contributed by atoms with Crippen molar-refractivity contribution in [3.63, 3.8) is 0 Å². The highest BCUT2D eigenvalue weighted by Gasteiger charge is 2.25. The number of amides is 2. The molecule has 0 spiro atoms. The van der Waals surface area contributed by atoms with E-state index in [1.54, 1.807) is 6.92 Å². The number of hydrogen-bond acceptors (Lipinski definition) is 5. The number of aromatic nitrogens is 1. The van der Waals surface area contributed by atoms with E-state index in [0.29, 0.717) is 11.7 Å². The highest BCUT2D eigenvalue weighted by atomic mass is 16.2. The Morgan fingerprint density at radius 1 is 1.42 bits per heavy atom. The van der Waals surface area contributed by atoms with Crippen LogP contribution in [0.2, 0.25) is 0 Å². The lowest BCUT2D eigenvalue weighted by atomic mass is 10.2. The van der Waals surface area contributed by atoms with Crippen LogP contribution in [0.1, 0.15) is 30.3 Å². The topological polar surface area (TPSA) is 123 Å². The van der Waals surface area contributed by atoms with Gasteiger partial charge in [0.15, 0.2) is 5.82 Å². The Morgan fingerprint density at radius 3 is 2.68 bits per heavy atom. The van der Waals surface area contributed by atoms with Crippen LogP contribution in [0.5, 0.6) is 0 Å². The molecule has 1 unspecified atom stereocenters. The molecule has 1 aromatic heterocycles. The van der Waals surface area contributed by atoms with E-state index in [1.165, 1.54) is 12.1 Å². The van der Waals surface area contributed by atoms with Gasteiger partial charge in [0.2, 0.25) is 5.91 Å². The number of carbonyl (C=O) groups excluding carboxylic acids is 2. The monoisotopic (exact) mass is 263 g/mol. The Bertz CT molecular complexity index is 513. The van der Waals surface area contributed by atoms with Crippen molar-refractivity contribution in [3.8, 4) is 0 Å². The lowest BCUT2D eigenvalue weighted by Crippen LogP contribution is -2.39. The highest BCUT2D eigenvalue weighted by molar-refractivity contribution is 5.92. The van der Waals surface area contributed by atoms with Crippen molar-refractivity contribution in [2.24, 2.45) is 5.73 Å². The van der Waals surface area contributed by atoms with Crippen molar-refractivity contribution in [2.45, 2.75) is 31.8 Å². The van der Waals surface area contributed by atoms with Gasteiger partial charge in [-0.2, -0.15) is 0 Å². The number of anilines is 2. The molecule has 1 saturated carbocycles. The molecule has 2 amide bonds. The number of rotatable bonds is 5. The van der Waals surface area contributed by atoms with Crippen LogP contribution < -0.4 is 22.1 Å². The predicted molar refractivity (Wildman–Crippen MR) is 71.4 cm³/mol. The zero-order chi connectivity index (χ0) is 14.0. The maximum absolute atomic E-state index is 11.8. The standard InChI is InChI=1S/C12H17N5O2/c1-6(12(19)16-7-2-3-7)15-11-8(13)4-5-9(17-11)10(14)18/h4-7H,2-3,13H2,1H3,(H2,14,18)(H,15,17)(H,16,19). The van der Waals surface area contributed by atoms with Gasteiger partial charge in [0.25, 0.3) is 5.91 Å². The van der Waals surface area contributed by atoms with Gasteiger partial charge >= 0.3 is 0 Å². The summed E-state index contributed by atoms with van der Waals surface area (Å²) in [5.41, 5.74) is 11.4. The lowest BCUT2D eigenvalue weighted by Gasteiger charge is -2.16. The van der Waals surface area contributed by atoms with Crippen molar-refractivity contribution < 1.29 is 9.59 Å². The zero-order valence-corrected chi connectivity index (χ0v) is 10.6. The number of nitrogen functional groups attached to an aromatic ring is 1. The number of carbonyl (C=O) groups is 2. The fourth-order valence-electron chi connectivity index (χ4n) is 1.55. The number of hydrogen-bond donors (Lipinski definition) is 4. The molecule has 102 valence electrons. The van der Waals surface area contributed by atoms with Gasteiger partial charge in [0.05, 0.1) is 5.69 Å². The van der Waals surface area contributed by atoms with Crippen LogP contribution in [0.25, 0.3) is 0 Å². The first kappa shape index (κ1) is 13.1. The number of nitrogens with two attached hydrogens (primary N) is 2. The summed E-state index contributed by atoms with van der Waals surface area (Å²) in [4.78, 5) is 26.8. The summed E-state index contributed by atoms with van der Waals surface area (Å²) < 4.78 is 0. The molecule has 1 aliphatic rings. The van der Waals surface area contributed by atoms with Gasteiger partial charge in [-0.25, -0.2) is 4.98 Å². The van der Waals surface area contributed by atoms with Gasteiger partial charge in [-0.05, 0) is 31.9 Å². The second kappa shape index (κ2) is 5.13. The third-order valence-corrected chi connectivity index (χ3v) is 2.85. The number of nitrogens with zero attached hydrogens (tertiary/aromatic N) is 1. The van der Waals surface area contributed by atoms with Gasteiger partial charge < -0.3 is 22.1 Å². The minimum atomic E-state index is -0.641. The second-order valence-corrected chi connectivity index (χ2v) is 4.65. The lowest BCUT2D eigenvalue weighted by molar-refractivity contribution is -0.121. The molecule has 0 aliphatic heterocycles. The second-order valence-electron chi connectivity index (χ2n) is 4.65. The molecular weight excluding hydrogens is 246 g/mol. The van der Waals surface area contributed by atoms with E-state index in [2.05, 4.69) is 15.6 Å². The molecule has 2 rings (SSSR count). The summed E-state index contributed by atoms with van der Waals surface area (Å²) in [7, 11) is 0. The molecule has 0 radical (unpaired) electrons. The normalized spacial score (nSPS) is 15.6. The third kappa shape index (κ3) is 3.34. The van der Waals surface area contributed by atoms with Crippen LogP contribution >= 0.6 is 0 Å². The van der Waals surface area contributed by atoms with E-state index >= 15 is 0 Å². The summed E-state index contributed by atoms with van der Waals surface area (Å²) in [6, 6.07) is 2.77. The average molecular weight is 263 g/mol. The number of pyridine rings is 1. The largest absolute Gasteiger partial charge is 0.396 e. The van der Waals surface area contributed by atoms with E-state index in [9.17, 15) is 9.59 Å². The van der Waals surface area contributed by atoms with E-state index < -0.39 is 11.9 Å². The Hall–Kier alpha value is -2.31. The van der Waals surface area contributed by atoms with Crippen molar-refractivity contribution in [1.82, 2.24) is 10.3 Å².